The number of nitrogens with one attached hydrogen (secondary N) is 1. The Bertz CT molecular complexity index is 4870. The number of H-pyrrole nitrogens is 1. The first-order valence-corrected chi connectivity index (χ1v) is 37.1. The van der Waals surface area contributed by atoms with Gasteiger partial charge in [-0.15, -0.1) is 0 Å². The van der Waals surface area contributed by atoms with Crippen molar-refractivity contribution in [2.24, 2.45) is 0 Å². The predicted octanol–water partition coefficient (Wildman–Crippen LogP) is 17.3. The minimum atomic E-state index is -5.50. The van der Waals surface area contributed by atoms with Crippen molar-refractivity contribution < 1.29 is 111 Å². The van der Waals surface area contributed by atoms with E-state index in [2.05, 4.69) is 25.1 Å². The fourth-order valence-corrected chi connectivity index (χ4v) is 10.8. The van der Waals surface area contributed by atoms with E-state index in [0.29, 0.717) is 5.56 Å². The van der Waals surface area contributed by atoms with E-state index in [9.17, 15) is 78.3 Å². The van der Waals surface area contributed by atoms with Gasteiger partial charge in [0.05, 0.1) is 84.8 Å². The Morgan fingerprint density at radius 2 is 0.939 bits per heavy atom. The number of methoxy groups -OCH3 is 3. The average Bonchev–Trinajstić information content (AvgIpc) is 0.780. The lowest BCUT2D eigenvalue weighted by atomic mass is 9.96. The van der Waals surface area contributed by atoms with E-state index < -0.39 is 103 Å². The van der Waals surface area contributed by atoms with Crippen molar-refractivity contribution in [1.29, 1.82) is 0 Å². The van der Waals surface area contributed by atoms with Crippen LogP contribution >= 0.6 is 50.7 Å². The van der Waals surface area contributed by atoms with Crippen molar-refractivity contribution in [1.82, 2.24) is 14.1 Å². The van der Waals surface area contributed by atoms with Gasteiger partial charge in [-0.1, -0.05) is 77.7 Å². The molecular formula is C79H95BrCl3F6N3O21S. The number of alkyl halides is 4. The third kappa shape index (κ3) is 31.6. The minimum absolute atomic E-state index is 0. The van der Waals surface area contributed by atoms with Gasteiger partial charge in [0, 0.05) is 87.5 Å². The molecule has 1 unspecified atom stereocenters. The second-order valence-corrected chi connectivity index (χ2v) is 31.3. The Hall–Kier alpha value is -9.02. The van der Waals surface area contributed by atoms with Crippen LogP contribution in [-0.4, -0.2) is 143 Å². The van der Waals surface area contributed by atoms with Crippen molar-refractivity contribution in [2.75, 3.05) is 46.5 Å². The monoisotopic (exact) mass is 1750 g/mol. The summed E-state index contributed by atoms with van der Waals surface area (Å²) in [4.78, 5) is 123. The number of pyridine rings is 3. The van der Waals surface area contributed by atoms with Crippen molar-refractivity contribution >= 4 is 102 Å². The summed E-state index contributed by atoms with van der Waals surface area (Å²) in [7, 11) is -1.46. The molecule has 7 rings (SSSR count). The number of halogens is 10. The molecule has 0 spiro atoms. The number of rotatable bonds is 24. The topological polar surface area (TPSA) is 325 Å². The third-order valence-electron chi connectivity index (χ3n) is 14.5. The molecule has 4 aromatic carbocycles. The number of aromatic carboxylic acids is 1. The van der Waals surface area contributed by atoms with Crippen LogP contribution in [0.1, 0.15) is 178 Å². The van der Waals surface area contributed by atoms with E-state index in [4.69, 9.17) is 73.1 Å². The number of benzene rings is 4. The second kappa shape index (κ2) is 44.2. The summed E-state index contributed by atoms with van der Waals surface area (Å²) in [5.74, 6) is -5.47. The van der Waals surface area contributed by atoms with Crippen LogP contribution in [0.2, 0.25) is 15.1 Å². The van der Waals surface area contributed by atoms with Crippen LogP contribution in [0.15, 0.2) is 112 Å². The standard InChI is InChI=1S/C30H31ClFNO7.C20H21ClFNO5.C14H11ClFNO3.C7H13F3O4S.C6H11BrO2.2CH4/c1-17(34)20-10-11-22(31)28(32)27(20)21-15-26(36)33(16-25(21)39-5)23(12-13-40-30(2,3)4)24(35)14-18-6-8-19(9-7-18)29(37)38;1-11(24)12-6-7-14(21)19(22)18(12)13-8-16(25)23(9-15(13)27-5)10-17(26)28-20(2,3)4;1-7(18)8-3-4-10(15)14(16)13(8)9-5-12(19)17-6-11(9)20-2;1-6(2,3)13-4-5-14-15(11,12)7(8,9)10;1-6(2,3)9-5(8)4-7;;/h6-11,15-16,23H,12-14H2,1-5H3,(H,37,38);6-9H,10H2,1-5H3;3-6H,1-2H3,(H,17,19);4-5H2,1-3H3;4H2,1-3H3;2*1H4. The number of Topliss-reactive ketones (excluding diaryl/α,β-unsaturated/α-hetero) is 4. The normalized spacial score (nSPS) is 11.6. The van der Waals surface area contributed by atoms with Gasteiger partial charge in [-0.25, -0.2) is 18.0 Å². The van der Waals surface area contributed by atoms with E-state index >= 15 is 4.39 Å². The Morgan fingerprint density at radius 1 is 0.544 bits per heavy atom. The SMILES string of the molecule is C.C.CC(C)(C)OC(=O)CBr.CC(C)(C)OCCOS(=O)(=O)C(F)(F)F.COc1c[nH]c(=O)cc1-c1c(C(C)=O)ccc(Cl)c1F.COc1cn(C(CCOC(C)(C)C)C(=O)Cc2ccc(C(=O)O)cc2)c(=O)cc1-c1c(C(C)=O)ccc(Cl)c1F.COc1cn(CC(=O)OC(C)(C)C)c(=O)cc1-c1c(C(C)=O)ccc(Cl)c1F. The molecule has 114 heavy (non-hydrogen) atoms. The molecular weight excluding hydrogens is 1660 g/mol. The lowest BCUT2D eigenvalue weighted by Crippen LogP contribution is -2.32. The first kappa shape index (κ1) is 103. The summed E-state index contributed by atoms with van der Waals surface area (Å²) in [5, 5.41) is 8.85. The number of esters is 2. The van der Waals surface area contributed by atoms with Crippen LogP contribution in [0.25, 0.3) is 33.4 Å². The van der Waals surface area contributed by atoms with Gasteiger partial charge in [-0.05, 0) is 164 Å². The second-order valence-electron chi connectivity index (χ2n) is 27.9. The fourth-order valence-electron chi connectivity index (χ4n) is 9.76. The zero-order valence-corrected chi connectivity index (χ0v) is 69.1. The molecule has 0 amide bonds. The van der Waals surface area contributed by atoms with Crippen LogP contribution in [0, 0.1) is 17.5 Å². The highest BCUT2D eigenvalue weighted by Gasteiger charge is 2.47. The third-order valence-corrected chi connectivity index (χ3v) is 16.9. The van der Waals surface area contributed by atoms with Gasteiger partial charge in [0.15, 0.2) is 23.1 Å². The zero-order valence-electron chi connectivity index (χ0n) is 64.5. The highest BCUT2D eigenvalue weighted by molar-refractivity contribution is 9.09. The van der Waals surface area contributed by atoms with Crippen molar-refractivity contribution in [3.63, 3.8) is 0 Å². The molecule has 0 bridgehead atoms. The van der Waals surface area contributed by atoms with Crippen LogP contribution in [-0.2, 0) is 60.6 Å². The molecule has 628 valence electrons. The molecule has 0 saturated carbocycles. The highest BCUT2D eigenvalue weighted by Crippen LogP contribution is 2.40. The molecule has 24 nitrogen and oxygen atoms in total. The lowest BCUT2D eigenvalue weighted by molar-refractivity contribution is -0.155. The Balaban J connectivity index is 0.000000767. The Labute approximate surface area is 680 Å². The molecule has 3 aromatic heterocycles. The molecule has 3 heterocycles. The van der Waals surface area contributed by atoms with Crippen LogP contribution in [0.4, 0.5) is 26.3 Å². The first-order valence-electron chi connectivity index (χ1n) is 33.5. The van der Waals surface area contributed by atoms with Gasteiger partial charge in [-0.3, -0.25) is 47.3 Å². The maximum atomic E-state index is 15.2. The summed E-state index contributed by atoms with van der Waals surface area (Å²) < 4.78 is 143. The summed E-state index contributed by atoms with van der Waals surface area (Å²) >= 11 is 20.6. The van der Waals surface area contributed by atoms with E-state index in [1.54, 1.807) is 53.7 Å². The lowest BCUT2D eigenvalue weighted by Gasteiger charge is -2.24. The summed E-state index contributed by atoms with van der Waals surface area (Å²) in [6.45, 7) is 24.1. The fraction of sp³-hybridized carbons (Fsp3) is 0.418. The van der Waals surface area contributed by atoms with Gasteiger partial charge in [-0.2, -0.15) is 21.6 Å². The first-order chi connectivity index (χ1) is 51.5. The minimum Gasteiger partial charge on any atom is -0.495 e. The van der Waals surface area contributed by atoms with E-state index in [-0.39, 0.29) is 164 Å². The molecule has 0 radical (unpaired) electrons. The molecule has 0 aliphatic heterocycles. The summed E-state index contributed by atoms with van der Waals surface area (Å²) in [5.41, 5.74) is -8.31. The van der Waals surface area contributed by atoms with Crippen LogP contribution < -0.4 is 30.9 Å². The van der Waals surface area contributed by atoms with Gasteiger partial charge in [0.2, 0.25) is 5.56 Å². The smallest absolute Gasteiger partial charge is 0.495 e. The van der Waals surface area contributed by atoms with Gasteiger partial charge in [0.1, 0.15) is 57.8 Å². The molecule has 0 aliphatic carbocycles. The molecule has 2 N–H and O–H groups in total. The van der Waals surface area contributed by atoms with Crippen LogP contribution in [0.3, 0.4) is 0 Å². The van der Waals surface area contributed by atoms with E-state index in [1.807, 2.05) is 41.5 Å². The van der Waals surface area contributed by atoms with Gasteiger partial charge in [0.25, 0.3) is 11.1 Å². The van der Waals surface area contributed by atoms with Crippen molar-refractivity contribution in [3.05, 3.63) is 189 Å². The number of carbonyl (C=O) groups excluding carboxylic acids is 6. The predicted molar refractivity (Wildman–Crippen MR) is 426 cm³/mol. The number of ether oxygens (including phenoxy) is 7. The zero-order chi connectivity index (χ0) is 85.7. The molecule has 0 saturated heterocycles. The number of aromatic amines is 1. The summed E-state index contributed by atoms with van der Waals surface area (Å²) in [6.07, 6.45) is 3.97. The number of carbonyl (C=O) groups is 7. The van der Waals surface area contributed by atoms with E-state index in [0.717, 1.165) is 16.7 Å². The van der Waals surface area contributed by atoms with Crippen LogP contribution in [0.5, 0.6) is 17.2 Å². The number of carboxylic acids is 1. The Kier molecular flexibility index (Phi) is 39.9. The molecule has 0 aliphatic rings. The number of ketones is 4. The average molecular weight is 1750 g/mol. The Morgan fingerprint density at radius 3 is 1.31 bits per heavy atom. The highest BCUT2D eigenvalue weighted by atomic mass is 79.9. The maximum absolute atomic E-state index is 15.2. The summed E-state index contributed by atoms with van der Waals surface area (Å²) in [6, 6.07) is 16.3. The van der Waals surface area contributed by atoms with Crippen molar-refractivity contribution in [2.45, 2.75) is 172 Å². The van der Waals surface area contributed by atoms with E-state index in [1.165, 1.54) is 120 Å². The number of nitrogens with zero attached hydrogens (tertiary/aromatic N) is 2. The van der Waals surface area contributed by atoms with Gasteiger partial charge >= 0.3 is 33.5 Å². The number of hydrogen-bond acceptors (Lipinski definition) is 20. The largest absolute Gasteiger partial charge is 0.523 e. The maximum Gasteiger partial charge on any atom is 0.523 e. The molecule has 0 fully saturated rings. The van der Waals surface area contributed by atoms with Crippen molar-refractivity contribution in [3.8, 4) is 50.6 Å². The van der Waals surface area contributed by atoms with Gasteiger partial charge < -0.3 is 52.4 Å². The number of aromatic nitrogens is 3. The molecule has 1 atom stereocenters. The number of hydrogen-bond donors (Lipinski definition) is 2. The molecule has 35 heteroatoms. The molecule has 7 aromatic rings. The number of carboxylic acid groups (broad SMARTS) is 1. The quantitative estimate of drug-likeness (QED) is 0.0108.